The van der Waals surface area contributed by atoms with Crippen LogP contribution in [0.15, 0.2) is 10.5 Å². The molecule has 1 aliphatic heterocycles. The monoisotopic (exact) mass is 362 g/mol. The highest BCUT2D eigenvalue weighted by Crippen LogP contribution is 2.35. The lowest BCUT2D eigenvalue weighted by atomic mass is 9.78. The molecule has 0 spiro atoms. The first kappa shape index (κ1) is 19.0. The molecule has 1 aromatic heterocycles. The zero-order chi connectivity index (χ0) is 18.7. The number of aryl methyl sites for hydroxylation is 1. The second-order valence-corrected chi connectivity index (χ2v) is 7.69. The lowest BCUT2D eigenvalue weighted by molar-refractivity contribution is -0.138. The molecular weight excluding hydrogens is 332 g/mol. The Hall–Kier alpha value is -1.82. The molecule has 2 heterocycles. The first-order valence-electron chi connectivity index (χ1n) is 9.65. The molecule has 2 unspecified atom stereocenters. The lowest BCUT2D eigenvalue weighted by Gasteiger charge is -2.44. The van der Waals surface area contributed by atoms with Crippen molar-refractivity contribution in [3.05, 3.63) is 23.2 Å². The van der Waals surface area contributed by atoms with Crippen LogP contribution in [0.1, 0.15) is 60.4 Å². The molecule has 144 valence electrons. The Kier molecular flexibility index (Phi) is 6.01. The molecule has 0 aromatic carbocycles. The standard InChI is InChI=1S/C20H30N2O4/c1-14-17(20(24)25-3)11-16(26-14)12-21(2)13-19(23)22-10-6-8-15-7-4-5-9-18(15)22/h11,15,18H,4-10,12-13H2,1-3H3. The van der Waals surface area contributed by atoms with Gasteiger partial charge in [-0.3, -0.25) is 9.69 Å². The normalized spacial score (nSPS) is 23.0. The molecule has 0 radical (unpaired) electrons. The van der Waals surface area contributed by atoms with E-state index >= 15 is 0 Å². The van der Waals surface area contributed by atoms with Crippen LogP contribution in [0.25, 0.3) is 0 Å². The quantitative estimate of drug-likeness (QED) is 0.754. The molecule has 2 aliphatic rings. The Morgan fingerprint density at radius 3 is 2.77 bits per heavy atom. The molecule has 6 heteroatoms. The fourth-order valence-corrected chi connectivity index (χ4v) is 4.51. The number of methoxy groups -OCH3 is 1. The summed E-state index contributed by atoms with van der Waals surface area (Å²) in [4.78, 5) is 28.6. The third kappa shape index (κ3) is 4.11. The average molecular weight is 362 g/mol. The third-order valence-corrected chi connectivity index (χ3v) is 5.77. The second-order valence-electron chi connectivity index (χ2n) is 7.69. The van der Waals surface area contributed by atoms with Crippen LogP contribution in [0, 0.1) is 12.8 Å². The van der Waals surface area contributed by atoms with Crippen molar-refractivity contribution in [1.82, 2.24) is 9.80 Å². The maximum atomic E-state index is 12.9. The number of rotatable bonds is 5. The molecule has 1 aromatic rings. The van der Waals surface area contributed by atoms with Crippen LogP contribution < -0.4 is 0 Å². The number of fused-ring (bicyclic) bond motifs is 1. The first-order valence-corrected chi connectivity index (χ1v) is 9.65. The van der Waals surface area contributed by atoms with Gasteiger partial charge in [-0.2, -0.15) is 0 Å². The summed E-state index contributed by atoms with van der Waals surface area (Å²) in [6.07, 6.45) is 7.36. The molecule has 1 saturated heterocycles. The summed E-state index contributed by atoms with van der Waals surface area (Å²) in [7, 11) is 3.27. The van der Waals surface area contributed by atoms with Crippen molar-refractivity contribution in [3.8, 4) is 0 Å². The molecule has 2 fully saturated rings. The number of carbonyl (C=O) groups is 2. The largest absolute Gasteiger partial charge is 0.465 e. The van der Waals surface area contributed by atoms with Gasteiger partial charge in [-0.1, -0.05) is 12.8 Å². The number of ether oxygens (including phenoxy) is 1. The van der Waals surface area contributed by atoms with Crippen LogP contribution >= 0.6 is 0 Å². The molecule has 2 atom stereocenters. The summed E-state index contributed by atoms with van der Waals surface area (Å²) < 4.78 is 10.4. The number of likely N-dealkylation sites (tertiary alicyclic amines) is 1. The van der Waals surface area contributed by atoms with E-state index in [4.69, 9.17) is 9.15 Å². The summed E-state index contributed by atoms with van der Waals surface area (Å²) in [5.41, 5.74) is 0.448. The van der Waals surface area contributed by atoms with E-state index < -0.39 is 5.97 Å². The van der Waals surface area contributed by atoms with Gasteiger partial charge >= 0.3 is 5.97 Å². The van der Waals surface area contributed by atoms with Crippen LogP contribution in [0.2, 0.25) is 0 Å². The minimum Gasteiger partial charge on any atom is -0.465 e. The van der Waals surface area contributed by atoms with E-state index in [0.717, 1.165) is 19.4 Å². The summed E-state index contributed by atoms with van der Waals surface area (Å²) in [6.45, 7) is 3.50. The van der Waals surface area contributed by atoms with Gasteiger partial charge in [0.25, 0.3) is 0 Å². The van der Waals surface area contributed by atoms with Gasteiger partial charge in [0.05, 0.1) is 20.2 Å². The molecule has 0 N–H and O–H groups in total. The van der Waals surface area contributed by atoms with Crippen LogP contribution in [0.3, 0.4) is 0 Å². The molecule has 0 bridgehead atoms. The van der Waals surface area contributed by atoms with Crippen molar-refractivity contribution >= 4 is 11.9 Å². The van der Waals surface area contributed by atoms with E-state index in [-0.39, 0.29) is 5.91 Å². The Balaban J connectivity index is 1.58. The minimum atomic E-state index is -0.395. The molecular formula is C20H30N2O4. The van der Waals surface area contributed by atoms with Gasteiger partial charge in [-0.15, -0.1) is 0 Å². The highest BCUT2D eigenvalue weighted by atomic mass is 16.5. The number of hydrogen-bond acceptors (Lipinski definition) is 5. The van der Waals surface area contributed by atoms with Crippen molar-refractivity contribution < 1.29 is 18.7 Å². The summed E-state index contributed by atoms with van der Waals surface area (Å²) in [5.74, 6) is 1.73. The SMILES string of the molecule is COC(=O)c1cc(CN(C)CC(=O)N2CCCC3CCCCC32)oc1C. The van der Waals surface area contributed by atoms with E-state index in [9.17, 15) is 9.59 Å². The van der Waals surface area contributed by atoms with Crippen molar-refractivity contribution in [2.75, 3.05) is 27.2 Å². The Morgan fingerprint density at radius 1 is 1.27 bits per heavy atom. The number of nitrogens with zero attached hydrogens (tertiary/aromatic N) is 2. The maximum absolute atomic E-state index is 12.9. The highest BCUT2D eigenvalue weighted by molar-refractivity contribution is 5.90. The molecule has 26 heavy (non-hydrogen) atoms. The lowest BCUT2D eigenvalue weighted by Crippen LogP contribution is -2.52. The van der Waals surface area contributed by atoms with Gasteiger partial charge in [0, 0.05) is 12.6 Å². The predicted molar refractivity (Wildman–Crippen MR) is 97.8 cm³/mol. The summed E-state index contributed by atoms with van der Waals surface area (Å²) in [5, 5.41) is 0. The van der Waals surface area contributed by atoms with E-state index in [2.05, 4.69) is 4.90 Å². The van der Waals surface area contributed by atoms with Gasteiger partial charge in [0.1, 0.15) is 17.1 Å². The van der Waals surface area contributed by atoms with Crippen molar-refractivity contribution in [3.63, 3.8) is 0 Å². The number of hydrogen-bond donors (Lipinski definition) is 0. The van der Waals surface area contributed by atoms with Gasteiger partial charge in [0.15, 0.2) is 0 Å². The fourth-order valence-electron chi connectivity index (χ4n) is 4.51. The van der Waals surface area contributed by atoms with E-state index in [1.807, 2.05) is 11.9 Å². The third-order valence-electron chi connectivity index (χ3n) is 5.77. The topological polar surface area (TPSA) is 63.0 Å². The van der Waals surface area contributed by atoms with Crippen molar-refractivity contribution in [1.29, 1.82) is 0 Å². The van der Waals surface area contributed by atoms with Crippen LogP contribution in [-0.4, -0.2) is 55.0 Å². The Bertz CT molecular complexity index is 652. The molecule has 1 amide bonds. The Labute approximate surface area is 155 Å². The maximum Gasteiger partial charge on any atom is 0.341 e. The van der Waals surface area contributed by atoms with Gasteiger partial charge in [-0.05, 0) is 51.6 Å². The summed E-state index contributed by atoms with van der Waals surface area (Å²) >= 11 is 0. The van der Waals surface area contributed by atoms with Crippen LogP contribution in [-0.2, 0) is 16.1 Å². The van der Waals surface area contributed by atoms with Crippen LogP contribution in [0.4, 0.5) is 0 Å². The van der Waals surface area contributed by atoms with E-state index in [1.54, 1.807) is 13.0 Å². The number of carbonyl (C=O) groups excluding carboxylic acids is 2. The second kappa shape index (κ2) is 8.25. The number of esters is 1. The van der Waals surface area contributed by atoms with Crippen LogP contribution in [0.5, 0.6) is 0 Å². The zero-order valence-corrected chi connectivity index (χ0v) is 16.1. The smallest absolute Gasteiger partial charge is 0.341 e. The molecule has 6 nitrogen and oxygen atoms in total. The molecule has 1 saturated carbocycles. The fraction of sp³-hybridized carbons (Fsp3) is 0.700. The predicted octanol–water partition coefficient (Wildman–Crippen LogP) is 2.99. The van der Waals surface area contributed by atoms with E-state index in [0.29, 0.717) is 42.1 Å². The number of furan rings is 1. The van der Waals surface area contributed by atoms with Crippen molar-refractivity contribution in [2.24, 2.45) is 5.92 Å². The number of likely N-dealkylation sites (N-methyl/N-ethyl adjacent to an activating group) is 1. The molecule has 1 aliphatic carbocycles. The first-order chi connectivity index (χ1) is 12.5. The van der Waals surface area contributed by atoms with Crippen molar-refractivity contribution in [2.45, 2.75) is 58.0 Å². The zero-order valence-electron chi connectivity index (χ0n) is 16.1. The van der Waals surface area contributed by atoms with E-state index in [1.165, 1.54) is 32.8 Å². The van der Waals surface area contributed by atoms with Gasteiger partial charge < -0.3 is 14.1 Å². The Morgan fingerprint density at radius 2 is 2.00 bits per heavy atom. The number of piperidine rings is 1. The van der Waals surface area contributed by atoms with Gasteiger partial charge in [0.2, 0.25) is 5.91 Å². The average Bonchev–Trinajstić information content (AvgIpc) is 3.00. The molecule has 3 rings (SSSR count). The highest BCUT2D eigenvalue weighted by Gasteiger charge is 2.35. The minimum absolute atomic E-state index is 0.209. The summed E-state index contributed by atoms with van der Waals surface area (Å²) in [6, 6.07) is 2.15. The van der Waals surface area contributed by atoms with Gasteiger partial charge in [-0.25, -0.2) is 4.79 Å². The number of amides is 1.